The van der Waals surface area contributed by atoms with Crippen LogP contribution < -0.4 is 0 Å². The Morgan fingerprint density at radius 1 is 0.857 bits per heavy atom. The second kappa shape index (κ2) is 9.19. The minimum absolute atomic E-state index is 0.142. The molecule has 0 saturated carbocycles. The number of ketones is 1. The third kappa shape index (κ3) is 6.60. The van der Waals surface area contributed by atoms with Crippen molar-refractivity contribution in [3.8, 4) is 0 Å². The minimum Gasteiger partial charge on any atom is -0.340 e. The molecule has 0 radical (unpaired) electrons. The summed E-state index contributed by atoms with van der Waals surface area (Å²) in [5.74, 6) is 0.767. The topological polar surface area (TPSA) is 40.6 Å². The van der Waals surface area contributed by atoms with Crippen molar-refractivity contribution in [2.75, 3.05) is 26.2 Å². The van der Waals surface area contributed by atoms with E-state index in [2.05, 4.69) is 18.7 Å². The zero-order valence-corrected chi connectivity index (χ0v) is 14.2. The van der Waals surface area contributed by atoms with Gasteiger partial charge in [0.25, 0.3) is 0 Å². The molecule has 21 heavy (non-hydrogen) atoms. The Hall–Kier alpha value is -0.900. The highest BCUT2D eigenvalue weighted by atomic mass is 16.2. The summed E-state index contributed by atoms with van der Waals surface area (Å²) in [4.78, 5) is 28.0. The van der Waals surface area contributed by atoms with Crippen LogP contribution in [0, 0.1) is 5.92 Å². The smallest absolute Gasteiger partial charge is 0.222 e. The van der Waals surface area contributed by atoms with E-state index >= 15 is 0 Å². The molecule has 0 spiro atoms. The molecule has 0 N–H and O–H groups in total. The maximum atomic E-state index is 12.1. The average Bonchev–Trinajstić information content (AvgIpc) is 2.46. The number of hydrogen-bond donors (Lipinski definition) is 0. The lowest BCUT2D eigenvalue weighted by atomic mass is 10.0. The van der Waals surface area contributed by atoms with Crippen molar-refractivity contribution in [1.29, 1.82) is 0 Å². The van der Waals surface area contributed by atoms with Gasteiger partial charge in [0.2, 0.25) is 5.91 Å². The number of Topliss-reactive ketones (excluding diaryl/α,β-unsaturated/α-hetero) is 1. The van der Waals surface area contributed by atoms with Crippen LogP contribution in [0.25, 0.3) is 0 Å². The first-order valence-corrected chi connectivity index (χ1v) is 8.46. The molecule has 0 aromatic heterocycles. The van der Waals surface area contributed by atoms with E-state index in [-0.39, 0.29) is 11.8 Å². The van der Waals surface area contributed by atoms with Crippen molar-refractivity contribution >= 4 is 11.7 Å². The largest absolute Gasteiger partial charge is 0.340 e. The summed E-state index contributed by atoms with van der Waals surface area (Å²) in [7, 11) is 0. The van der Waals surface area contributed by atoms with Gasteiger partial charge in [-0.1, -0.05) is 20.3 Å². The van der Waals surface area contributed by atoms with Crippen molar-refractivity contribution in [2.24, 2.45) is 5.92 Å². The standard InChI is InChI=1S/C17H32N2O2/c1-14(2)16(20)8-6-5-7-9-17(21)19-12-10-18(11-13-19)15(3)4/h14-15H,5-13H2,1-4H3. The zero-order valence-electron chi connectivity index (χ0n) is 14.2. The molecule has 122 valence electrons. The van der Waals surface area contributed by atoms with Crippen LogP contribution >= 0.6 is 0 Å². The average molecular weight is 296 g/mol. The van der Waals surface area contributed by atoms with Crippen molar-refractivity contribution in [3.63, 3.8) is 0 Å². The lowest BCUT2D eigenvalue weighted by Crippen LogP contribution is -2.50. The molecule has 0 aromatic carbocycles. The maximum Gasteiger partial charge on any atom is 0.222 e. The third-order valence-electron chi connectivity index (χ3n) is 4.36. The molecule has 1 rings (SSSR count). The Bertz CT molecular complexity index is 332. The highest BCUT2D eigenvalue weighted by Crippen LogP contribution is 2.11. The van der Waals surface area contributed by atoms with Gasteiger partial charge in [-0.05, 0) is 26.7 Å². The van der Waals surface area contributed by atoms with Crippen molar-refractivity contribution in [2.45, 2.75) is 65.8 Å². The fourth-order valence-electron chi connectivity index (χ4n) is 2.69. The van der Waals surface area contributed by atoms with Gasteiger partial charge in [0.1, 0.15) is 5.78 Å². The van der Waals surface area contributed by atoms with E-state index in [1.165, 1.54) is 0 Å². The second-order valence-electron chi connectivity index (χ2n) is 6.69. The molecular formula is C17H32N2O2. The van der Waals surface area contributed by atoms with Gasteiger partial charge in [-0.3, -0.25) is 14.5 Å². The first kappa shape index (κ1) is 18.1. The number of carbonyl (C=O) groups is 2. The molecule has 0 unspecified atom stereocenters. The third-order valence-corrected chi connectivity index (χ3v) is 4.36. The Morgan fingerprint density at radius 3 is 1.95 bits per heavy atom. The van der Waals surface area contributed by atoms with Crippen LogP contribution in [0.1, 0.15) is 59.8 Å². The zero-order chi connectivity index (χ0) is 15.8. The fraction of sp³-hybridized carbons (Fsp3) is 0.882. The molecule has 1 saturated heterocycles. The monoisotopic (exact) mass is 296 g/mol. The van der Waals surface area contributed by atoms with Gasteiger partial charge in [-0.15, -0.1) is 0 Å². The predicted octanol–water partition coefficient (Wildman–Crippen LogP) is 2.71. The molecule has 0 bridgehead atoms. The van der Waals surface area contributed by atoms with Crippen LogP contribution in [0.4, 0.5) is 0 Å². The van der Waals surface area contributed by atoms with Crippen LogP contribution in [0.3, 0.4) is 0 Å². The maximum absolute atomic E-state index is 12.1. The SMILES string of the molecule is CC(C)C(=O)CCCCCC(=O)N1CCN(C(C)C)CC1. The second-order valence-corrected chi connectivity index (χ2v) is 6.69. The van der Waals surface area contributed by atoms with E-state index in [4.69, 9.17) is 0 Å². The van der Waals surface area contributed by atoms with Gasteiger partial charge < -0.3 is 4.90 Å². The summed E-state index contributed by atoms with van der Waals surface area (Å²) in [6.07, 6.45) is 4.12. The van der Waals surface area contributed by atoms with Gasteiger partial charge in [0, 0.05) is 51.0 Å². The van der Waals surface area contributed by atoms with E-state index in [9.17, 15) is 9.59 Å². The van der Waals surface area contributed by atoms with E-state index in [1.54, 1.807) is 0 Å². The molecule has 1 heterocycles. The van der Waals surface area contributed by atoms with Crippen molar-refractivity contribution in [1.82, 2.24) is 9.80 Å². The summed E-state index contributed by atoms with van der Waals surface area (Å²) in [5.41, 5.74) is 0. The molecule has 0 aromatic rings. The quantitative estimate of drug-likeness (QED) is 0.647. The first-order valence-electron chi connectivity index (χ1n) is 8.46. The molecular weight excluding hydrogens is 264 g/mol. The van der Waals surface area contributed by atoms with Crippen LogP contribution in [-0.2, 0) is 9.59 Å². The molecule has 1 amide bonds. The van der Waals surface area contributed by atoms with Crippen LogP contribution in [0.15, 0.2) is 0 Å². The minimum atomic E-state index is 0.142. The first-order chi connectivity index (χ1) is 9.91. The van der Waals surface area contributed by atoms with Gasteiger partial charge in [0.15, 0.2) is 0 Å². The molecule has 4 nitrogen and oxygen atoms in total. The number of rotatable bonds is 8. The predicted molar refractivity (Wildman–Crippen MR) is 86.2 cm³/mol. The molecule has 0 atom stereocenters. The van der Waals surface area contributed by atoms with Gasteiger partial charge in [-0.25, -0.2) is 0 Å². The van der Waals surface area contributed by atoms with E-state index in [0.717, 1.165) is 45.4 Å². The number of nitrogens with zero attached hydrogens (tertiary/aromatic N) is 2. The van der Waals surface area contributed by atoms with E-state index in [0.29, 0.717) is 24.7 Å². The number of hydrogen-bond acceptors (Lipinski definition) is 3. The number of unbranched alkanes of at least 4 members (excludes halogenated alkanes) is 2. The molecule has 4 heteroatoms. The summed E-state index contributed by atoms with van der Waals surface area (Å²) in [6.45, 7) is 12.0. The van der Waals surface area contributed by atoms with Crippen LogP contribution in [0.2, 0.25) is 0 Å². The normalized spacial score (nSPS) is 16.8. The van der Waals surface area contributed by atoms with Gasteiger partial charge in [0.05, 0.1) is 0 Å². The summed E-state index contributed by atoms with van der Waals surface area (Å²) >= 11 is 0. The van der Waals surface area contributed by atoms with E-state index < -0.39 is 0 Å². The number of piperazine rings is 1. The fourth-order valence-corrected chi connectivity index (χ4v) is 2.69. The molecule has 0 aliphatic carbocycles. The molecule has 1 fully saturated rings. The van der Waals surface area contributed by atoms with Gasteiger partial charge >= 0.3 is 0 Å². The Morgan fingerprint density at radius 2 is 1.43 bits per heavy atom. The van der Waals surface area contributed by atoms with Crippen molar-refractivity contribution < 1.29 is 9.59 Å². The highest BCUT2D eigenvalue weighted by molar-refractivity contribution is 5.80. The van der Waals surface area contributed by atoms with Crippen molar-refractivity contribution in [3.05, 3.63) is 0 Å². The summed E-state index contributed by atoms with van der Waals surface area (Å²) < 4.78 is 0. The number of amides is 1. The molecule has 1 aliphatic heterocycles. The highest BCUT2D eigenvalue weighted by Gasteiger charge is 2.21. The molecule has 1 aliphatic rings. The lowest BCUT2D eigenvalue weighted by molar-refractivity contribution is -0.133. The summed E-state index contributed by atoms with van der Waals surface area (Å²) in [6, 6.07) is 0.570. The number of carbonyl (C=O) groups excluding carboxylic acids is 2. The Kier molecular flexibility index (Phi) is 7.94. The Balaban J connectivity index is 2.11. The summed E-state index contributed by atoms with van der Waals surface area (Å²) in [5, 5.41) is 0. The lowest BCUT2D eigenvalue weighted by Gasteiger charge is -2.37. The van der Waals surface area contributed by atoms with E-state index in [1.807, 2.05) is 18.7 Å². The van der Waals surface area contributed by atoms with Crippen LogP contribution in [-0.4, -0.2) is 53.7 Å². The Labute approximate surface area is 129 Å². The van der Waals surface area contributed by atoms with Crippen LogP contribution in [0.5, 0.6) is 0 Å². The van der Waals surface area contributed by atoms with Gasteiger partial charge in [-0.2, -0.15) is 0 Å².